The van der Waals surface area contributed by atoms with E-state index in [2.05, 4.69) is 15.8 Å². The molecule has 9 heteroatoms. The number of thiophene rings is 1. The van der Waals surface area contributed by atoms with Crippen LogP contribution in [0.4, 0.5) is 0 Å². The zero-order valence-electron chi connectivity index (χ0n) is 19.3. The third-order valence-electron chi connectivity index (χ3n) is 4.91. The number of esters is 1. The number of rotatable bonds is 8. The number of nitrogens with zero attached hydrogens (tertiary/aromatic N) is 1. The van der Waals surface area contributed by atoms with Gasteiger partial charge in [-0.25, -0.2) is 10.2 Å². The summed E-state index contributed by atoms with van der Waals surface area (Å²) in [6.07, 6.45) is 3.02. The van der Waals surface area contributed by atoms with Crippen LogP contribution in [0.25, 0.3) is 6.08 Å². The van der Waals surface area contributed by atoms with Crippen molar-refractivity contribution < 1.29 is 19.1 Å². The summed E-state index contributed by atoms with van der Waals surface area (Å²) in [5.74, 6) is -1.15. The van der Waals surface area contributed by atoms with Crippen LogP contribution in [0.15, 0.2) is 107 Å². The summed E-state index contributed by atoms with van der Waals surface area (Å²) in [6, 6.07) is 25.2. The van der Waals surface area contributed by atoms with E-state index in [0.717, 1.165) is 4.88 Å². The number of nitrogens with one attached hydrogen (secondary N) is 2. The molecule has 0 saturated heterocycles. The molecular formula is C28H20ClN3O4S. The standard InChI is InChI=1S/C28H20ClN3O4S/c29-22-12-10-21(11-13-22)28(35)36-23-14-8-19(9-15-23)18-30-32-27(34)25(17-24-7-4-16-37-24)31-26(33)20-5-2-1-3-6-20/h1-18H,(H,31,33)(H,32,34)/b25-17+,30-18+. The Bertz CT molecular complexity index is 1430. The first-order valence-electron chi connectivity index (χ1n) is 11.0. The molecule has 2 amide bonds. The van der Waals surface area contributed by atoms with Gasteiger partial charge >= 0.3 is 5.97 Å². The van der Waals surface area contributed by atoms with E-state index in [1.165, 1.54) is 17.6 Å². The van der Waals surface area contributed by atoms with E-state index >= 15 is 0 Å². The Kier molecular flexibility index (Phi) is 8.59. The van der Waals surface area contributed by atoms with Gasteiger partial charge in [0, 0.05) is 15.5 Å². The molecule has 184 valence electrons. The molecule has 3 aromatic carbocycles. The fourth-order valence-electron chi connectivity index (χ4n) is 3.06. The molecule has 0 aliphatic heterocycles. The third kappa shape index (κ3) is 7.47. The predicted molar refractivity (Wildman–Crippen MR) is 145 cm³/mol. The van der Waals surface area contributed by atoms with Gasteiger partial charge in [0.2, 0.25) is 0 Å². The van der Waals surface area contributed by atoms with Gasteiger partial charge in [0.15, 0.2) is 0 Å². The third-order valence-corrected chi connectivity index (χ3v) is 5.98. The fourth-order valence-corrected chi connectivity index (χ4v) is 3.84. The van der Waals surface area contributed by atoms with Crippen LogP contribution < -0.4 is 15.5 Å². The number of hydrazone groups is 1. The Morgan fingerprint density at radius 3 is 2.24 bits per heavy atom. The number of ether oxygens (including phenoxy) is 1. The van der Waals surface area contributed by atoms with Crippen LogP contribution in [0.1, 0.15) is 31.2 Å². The number of halogens is 1. The second-order valence-corrected chi connectivity index (χ2v) is 8.97. The SMILES string of the molecule is O=C(N/N=C/c1ccc(OC(=O)c2ccc(Cl)cc2)cc1)/C(=C\c1cccs1)NC(=O)c1ccccc1. The number of amides is 2. The molecule has 0 atom stereocenters. The molecule has 4 rings (SSSR count). The van der Waals surface area contributed by atoms with Gasteiger partial charge < -0.3 is 10.1 Å². The number of hydrogen-bond acceptors (Lipinski definition) is 6. The number of benzene rings is 3. The molecule has 37 heavy (non-hydrogen) atoms. The molecular weight excluding hydrogens is 510 g/mol. The molecule has 0 saturated carbocycles. The maximum Gasteiger partial charge on any atom is 0.343 e. The number of carbonyl (C=O) groups excluding carboxylic acids is 3. The maximum atomic E-state index is 12.8. The van der Waals surface area contributed by atoms with Gasteiger partial charge in [-0.3, -0.25) is 9.59 Å². The van der Waals surface area contributed by atoms with Crippen LogP contribution >= 0.6 is 22.9 Å². The summed E-state index contributed by atoms with van der Waals surface area (Å²) in [4.78, 5) is 38.4. The predicted octanol–water partition coefficient (Wildman–Crippen LogP) is 5.54. The molecule has 0 aliphatic rings. The summed E-state index contributed by atoms with van der Waals surface area (Å²) in [5, 5.41) is 9.03. The van der Waals surface area contributed by atoms with Crippen LogP contribution in [0.2, 0.25) is 5.02 Å². The second-order valence-electron chi connectivity index (χ2n) is 7.56. The Morgan fingerprint density at radius 1 is 0.838 bits per heavy atom. The first kappa shape index (κ1) is 25.6. The highest BCUT2D eigenvalue weighted by Crippen LogP contribution is 2.16. The molecule has 7 nitrogen and oxygen atoms in total. The van der Waals surface area contributed by atoms with Crippen molar-refractivity contribution in [2.75, 3.05) is 0 Å². The van der Waals surface area contributed by atoms with Gasteiger partial charge in [0.05, 0.1) is 11.8 Å². The lowest BCUT2D eigenvalue weighted by atomic mass is 10.2. The first-order chi connectivity index (χ1) is 18.0. The van der Waals surface area contributed by atoms with E-state index in [4.69, 9.17) is 16.3 Å². The summed E-state index contributed by atoms with van der Waals surface area (Å²) < 4.78 is 5.35. The van der Waals surface area contributed by atoms with E-state index in [9.17, 15) is 14.4 Å². The van der Waals surface area contributed by atoms with Crippen molar-refractivity contribution in [3.63, 3.8) is 0 Å². The molecule has 0 unspecified atom stereocenters. The van der Waals surface area contributed by atoms with Crippen LogP contribution in [-0.2, 0) is 4.79 Å². The lowest BCUT2D eigenvalue weighted by Gasteiger charge is -2.08. The highest BCUT2D eigenvalue weighted by atomic mass is 35.5. The topological polar surface area (TPSA) is 96.9 Å². The fraction of sp³-hybridized carbons (Fsp3) is 0. The molecule has 2 N–H and O–H groups in total. The average Bonchev–Trinajstić information content (AvgIpc) is 3.43. The molecule has 0 radical (unpaired) electrons. The first-order valence-corrected chi connectivity index (χ1v) is 12.3. The van der Waals surface area contributed by atoms with Gasteiger partial charge in [-0.15, -0.1) is 11.3 Å². The van der Waals surface area contributed by atoms with Crippen LogP contribution in [0.3, 0.4) is 0 Å². The molecule has 0 aliphatic carbocycles. The Balaban J connectivity index is 1.38. The minimum absolute atomic E-state index is 0.0536. The van der Waals surface area contributed by atoms with E-state index in [1.807, 2.05) is 17.5 Å². The summed E-state index contributed by atoms with van der Waals surface area (Å²) >= 11 is 7.27. The molecule has 4 aromatic rings. The van der Waals surface area contributed by atoms with Gasteiger partial charge in [0.25, 0.3) is 11.8 Å². The number of carbonyl (C=O) groups is 3. The largest absolute Gasteiger partial charge is 0.423 e. The second kappa shape index (κ2) is 12.4. The minimum Gasteiger partial charge on any atom is -0.423 e. The van der Waals surface area contributed by atoms with E-state index in [-0.39, 0.29) is 5.70 Å². The summed E-state index contributed by atoms with van der Waals surface area (Å²) in [6.45, 7) is 0. The van der Waals surface area contributed by atoms with Gasteiger partial charge in [-0.1, -0.05) is 35.9 Å². The van der Waals surface area contributed by atoms with E-state index in [0.29, 0.717) is 27.5 Å². The Morgan fingerprint density at radius 2 is 1.57 bits per heavy atom. The molecule has 0 bridgehead atoms. The van der Waals surface area contributed by atoms with E-state index in [1.54, 1.807) is 84.9 Å². The van der Waals surface area contributed by atoms with Crippen molar-refractivity contribution in [1.82, 2.24) is 10.7 Å². The lowest BCUT2D eigenvalue weighted by Crippen LogP contribution is -2.32. The van der Waals surface area contributed by atoms with Gasteiger partial charge in [0.1, 0.15) is 11.4 Å². The lowest BCUT2D eigenvalue weighted by molar-refractivity contribution is -0.117. The molecule has 1 aromatic heterocycles. The summed E-state index contributed by atoms with van der Waals surface area (Å²) in [7, 11) is 0. The van der Waals surface area contributed by atoms with E-state index < -0.39 is 17.8 Å². The minimum atomic E-state index is -0.581. The van der Waals surface area contributed by atoms with Crippen molar-refractivity contribution in [2.45, 2.75) is 0 Å². The van der Waals surface area contributed by atoms with Gasteiger partial charge in [-0.2, -0.15) is 5.10 Å². The summed E-state index contributed by atoms with van der Waals surface area (Å²) in [5.41, 5.74) is 3.94. The monoisotopic (exact) mass is 529 g/mol. The maximum absolute atomic E-state index is 12.8. The smallest absolute Gasteiger partial charge is 0.343 e. The zero-order valence-corrected chi connectivity index (χ0v) is 20.8. The van der Waals surface area contributed by atoms with Crippen molar-refractivity contribution >= 4 is 53.0 Å². The average molecular weight is 530 g/mol. The van der Waals surface area contributed by atoms with Crippen molar-refractivity contribution in [3.8, 4) is 5.75 Å². The Hall–Kier alpha value is -4.53. The molecule has 0 spiro atoms. The molecule has 0 fully saturated rings. The Labute approximate surface area is 222 Å². The van der Waals surface area contributed by atoms with Gasteiger partial charge in [-0.05, 0) is 83.7 Å². The van der Waals surface area contributed by atoms with Crippen LogP contribution in [0.5, 0.6) is 5.75 Å². The zero-order chi connectivity index (χ0) is 26.0. The highest BCUT2D eigenvalue weighted by Gasteiger charge is 2.14. The van der Waals surface area contributed by atoms with Crippen molar-refractivity contribution in [1.29, 1.82) is 0 Å². The van der Waals surface area contributed by atoms with Crippen molar-refractivity contribution in [3.05, 3.63) is 129 Å². The van der Waals surface area contributed by atoms with Crippen LogP contribution in [-0.4, -0.2) is 24.0 Å². The quantitative estimate of drug-likeness (QED) is 0.103. The normalized spacial score (nSPS) is 11.2. The van der Waals surface area contributed by atoms with Crippen molar-refractivity contribution in [2.24, 2.45) is 5.10 Å². The number of hydrogen-bond donors (Lipinski definition) is 2. The molecule has 1 heterocycles. The highest BCUT2D eigenvalue weighted by molar-refractivity contribution is 7.10. The van der Waals surface area contributed by atoms with Crippen LogP contribution in [0, 0.1) is 0 Å².